The van der Waals surface area contributed by atoms with Gasteiger partial charge in [0.25, 0.3) is 0 Å². The summed E-state index contributed by atoms with van der Waals surface area (Å²) >= 11 is 0. The first-order valence-electron chi connectivity index (χ1n) is 4.96. The molecule has 0 spiro atoms. The topological polar surface area (TPSA) is 35.5 Å². The van der Waals surface area contributed by atoms with Gasteiger partial charge < -0.3 is 9.47 Å². The second kappa shape index (κ2) is 6.65. The first-order chi connectivity index (χ1) is 7.76. The van der Waals surface area contributed by atoms with Crippen LogP contribution in [0.1, 0.15) is 12.0 Å². The van der Waals surface area contributed by atoms with Crippen LogP contribution in [0.3, 0.4) is 0 Å². The quantitative estimate of drug-likeness (QED) is 0.415. The zero-order valence-corrected chi connectivity index (χ0v) is 9.23. The highest BCUT2D eigenvalue weighted by Gasteiger charge is 1.98. The molecule has 0 aromatic heterocycles. The van der Waals surface area contributed by atoms with Gasteiger partial charge in [-0.15, -0.1) is 6.42 Å². The van der Waals surface area contributed by atoms with Gasteiger partial charge in [0.15, 0.2) is 0 Å². The summed E-state index contributed by atoms with van der Waals surface area (Å²) in [7, 11) is 1.62. The van der Waals surface area contributed by atoms with Gasteiger partial charge in [0.1, 0.15) is 5.75 Å². The Balaban J connectivity index is 2.27. The molecule has 84 valence electrons. The van der Waals surface area contributed by atoms with Crippen LogP contribution in [0.4, 0.5) is 0 Å². The average molecular weight is 218 g/mol. The van der Waals surface area contributed by atoms with E-state index >= 15 is 0 Å². The maximum atomic E-state index is 10.8. The van der Waals surface area contributed by atoms with Crippen molar-refractivity contribution in [2.75, 3.05) is 13.7 Å². The fraction of sp³-hybridized carbons (Fsp3) is 0.308. The van der Waals surface area contributed by atoms with Crippen molar-refractivity contribution in [1.82, 2.24) is 0 Å². The number of hydrogen-bond acceptors (Lipinski definition) is 3. The first-order valence-corrected chi connectivity index (χ1v) is 4.96. The zero-order chi connectivity index (χ0) is 11.8. The van der Waals surface area contributed by atoms with E-state index in [4.69, 9.17) is 15.9 Å². The molecule has 1 aromatic carbocycles. The number of Topliss-reactive ketones (excluding diaryl/α,β-unsaturated/α-hetero) is 1. The monoisotopic (exact) mass is 218 g/mol. The zero-order valence-electron chi connectivity index (χ0n) is 9.23. The molecule has 0 N–H and O–H groups in total. The number of carbonyl (C=O) groups excluding carboxylic acids is 1. The van der Waals surface area contributed by atoms with Crippen LogP contribution in [-0.2, 0) is 16.1 Å². The van der Waals surface area contributed by atoms with Crippen molar-refractivity contribution >= 4 is 5.78 Å². The van der Waals surface area contributed by atoms with Crippen LogP contribution in [0.25, 0.3) is 0 Å². The molecular weight excluding hydrogens is 204 g/mol. The van der Waals surface area contributed by atoms with Crippen molar-refractivity contribution in [2.24, 2.45) is 0 Å². The molecular formula is C13H14O3. The minimum atomic E-state index is -0.227. The predicted octanol–water partition coefficient (Wildman–Crippen LogP) is 1.80. The summed E-state index contributed by atoms with van der Waals surface area (Å²) in [6.07, 6.45) is 5.20. The Morgan fingerprint density at radius 2 is 2.06 bits per heavy atom. The fourth-order valence-corrected chi connectivity index (χ4v) is 1.15. The number of terminal acetylenes is 1. The highest BCUT2D eigenvalue weighted by Crippen LogP contribution is 2.11. The summed E-state index contributed by atoms with van der Waals surface area (Å²) in [6.45, 7) is 0.830. The van der Waals surface area contributed by atoms with Gasteiger partial charge in [0.05, 0.1) is 20.3 Å². The molecule has 1 aromatic rings. The molecule has 0 heterocycles. The SMILES string of the molecule is C#CC(=O)CCOCc1ccc(OC)cc1. The molecule has 1 rings (SSSR count). The molecule has 0 saturated heterocycles. The minimum Gasteiger partial charge on any atom is -0.497 e. The van der Waals surface area contributed by atoms with Crippen LogP contribution >= 0.6 is 0 Å². The van der Waals surface area contributed by atoms with E-state index in [0.717, 1.165) is 11.3 Å². The Labute approximate surface area is 95.4 Å². The molecule has 0 amide bonds. The summed E-state index contributed by atoms with van der Waals surface area (Å²) in [6, 6.07) is 7.57. The van der Waals surface area contributed by atoms with E-state index in [1.165, 1.54) is 0 Å². The van der Waals surface area contributed by atoms with Crippen molar-refractivity contribution in [1.29, 1.82) is 0 Å². The smallest absolute Gasteiger partial charge is 0.207 e. The van der Waals surface area contributed by atoms with Crippen LogP contribution in [0.15, 0.2) is 24.3 Å². The number of ketones is 1. The summed E-state index contributed by atoms with van der Waals surface area (Å²) in [5.41, 5.74) is 1.04. The van der Waals surface area contributed by atoms with Crippen LogP contribution < -0.4 is 4.74 Å². The molecule has 0 aliphatic heterocycles. The Kier molecular flexibility index (Phi) is 5.10. The number of hydrogen-bond donors (Lipinski definition) is 0. The molecule has 3 heteroatoms. The van der Waals surface area contributed by atoms with Crippen molar-refractivity contribution in [2.45, 2.75) is 13.0 Å². The average Bonchev–Trinajstić information content (AvgIpc) is 2.35. The lowest BCUT2D eigenvalue weighted by Crippen LogP contribution is -2.01. The van der Waals surface area contributed by atoms with Gasteiger partial charge in [-0.05, 0) is 23.6 Å². The van der Waals surface area contributed by atoms with Crippen molar-refractivity contribution in [3.8, 4) is 18.1 Å². The summed E-state index contributed by atoms with van der Waals surface area (Å²) in [5, 5.41) is 0. The normalized spacial score (nSPS) is 9.50. The molecule has 0 unspecified atom stereocenters. The molecule has 0 fully saturated rings. The molecule has 16 heavy (non-hydrogen) atoms. The van der Waals surface area contributed by atoms with E-state index in [0.29, 0.717) is 13.2 Å². The van der Waals surface area contributed by atoms with Gasteiger partial charge in [0.2, 0.25) is 5.78 Å². The lowest BCUT2D eigenvalue weighted by atomic mass is 10.2. The van der Waals surface area contributed by atoms with E-state index in [1.54, 1.807) is 7.11 Å². The third-order valence-corrected chi connectivity index (χ3v) is 2.06. The van der Waals surface area contributed by atoms with Gasteiger partial charge in [0, 0.05) is 6.42 Å². The summed E-state index contributed by atoms with van der Waals surface area (Å²) in [4.78, 5) is 10.8. The van der Waals surface area contributed by atoms with Crippen molar-refractivity contribution in [3.05, 3.63) is 29.8 Å². The fourth-order valence-electron chi connectivity index (χ4n) is 1.15. The van der Waals surface area contributed by atoms with Crippen LogP contribution in [0.2, 0.25) is 0 Å². The molecule has 3 nitrogen and oxygen atoms in total. The van der Waals surface area contributed by atoms with E-state index < -0.39 is 0 Å². The molecule has 0 aliphatic carbocycles. The number of carbonyl (C=O) groups is 1. The Bertz CT molecular complexity index is 373. The van der Waals surface area contributed by atoms with Crippen molar-refractivity contribution in [3.63, 3.8) is 0 Å². The summed E-state index contributed by atoms with van der Waals surface area (Å²) in [5.74, 6) is 2.63. The Hall–Kier alpha value is -1.79. The first kappa shape index (κ1) is 12.3. The van der Waals surface area contributed by atoms with E-state index in [2.05, 4.69) is 0 Å². The number of benzene rings is 1. The van der Waals surface area contributed by atoms with Gasteiger partial charge >= 0.3 is 0 Å². The van der Waals surface area contributed by atoms with Crippen molar-refractivity contribution < 1.29 is 14.3 Å². The number of rotatable bonds is 6. The lowest BCUT2D eigenvalue weighted by Gasteiger charge is -2.04. The van der Waals surface area contributed by atoms with Gasteiger partial charge in [-0.3, -0.25) is 4.79 Å². The maximum absolute atomic E-state index is 10.8. The molecule has 0 atom stereocenters. The van der Waals surface area contributed by atoms with E-state index in [1.807, 2.05) is 30.2 Å². The van der Waals surface area contributed by atoms with Crippen LogP contribution in [0, 0.1) is 12.3 Å². The van der Waals surface area contributed by atoms with Gasteiger partial charge in [-0.2, -0.15) is 0 Å². The second-order valence-corrected chi connectivity index (χ2v) is 3.22. The van der Waals surface area contributed by atoms with Crippen LogP contribution in [-0.4, -0.2) is 19.5 Å². The number of ether oxygens (including phenoxy) is 2. The number of methoxy groups -OCH3 is 1. The molecule has 0 aliphatic rings. The van der Waals surface area contributed by atoms with Crippen LogP contribution in [0.5, 0.6) is 5.75 Å². The Morgan fingerprint density at radius 1 is 1.38 bits per heavy atom. The van der Waals surface area contributed by atoms with Gasteiger partial charge in [-0.1, -0.05) is 12.1 Å². The third kappa shape index (κ3) is 4.16. The van der Waals surface area contributed by atoms with E-state index in [-0.39, 0.29) is 12.2 Å². The molecule has 0 radical (unpaired) electrons. The Morgan fingerprint density at radius 3 is 2.62 bits per heavy atom. The van der Waals surface area contributed by atoms with Gasteiger partial charge in [-0.25, -0.2) is 0 Å². The van der Waals surface area contributed by atoms with E-state index in [9.17, 15) is 4.79 Å². The molecule has 0 bridgehead atoms. The molecule has 0 saturated carbocycles. The standard InChI is InChI=1S/C13H14O3/c1-3-12(14)8-9-16-10-11-4-6-13(15-2)7-5-11/h1,4-7H,8-10H2,2H3. The maximum Gasteiger partial charge on any atom is 0.207 e. The second-order valence-electron chi connectivity index (χ2n) is 3.22. The highest BCUT2D eigenvalue weighted by molar-refractivity contribution is 5.94. The predicted molar refractivity (Wildman–Crippen MR) is 61.1 cm³/mol. The third-order valence-electron chi connectivity index (χ3n) is 2.06. The largest absolute Gasteiger partial charge is 0.497 e. The lowest BCUT2D eigenvalue weighted by molar-refractivity contribution is -0.114. The highest BCUT2D eigenvalue weighted by atomic mass is 16.5. The minimum absolute atomic E-state index is 0.227. The summed E-state index contributed by atoms with van der Waals surface area (Å²) < 4.78 is 10.3.